The molecule has 34 heavy (non-hydrogen) atoms. The molecule has 2 aliphatic rings. The van der Waals surface area contributed by atoms with Crippen LogP contribution in [0.5, 0.6) is 0 Å². The van der Waals surface area contributed by atoms with Crippen molar-refractivity contribution in [1.82, 2.24) is 38.7 Å². The lowest BCUT2D eigenvalue weighted by atomic mass is 10.2. The average Bonchev–Trinajstić information content (AvgIpc) is 3.26. The van der Waals surface area contributed by atoms with E-state index in [4.69, 9.17) is 20.4 Å². The minimum Gasteiger partial charge on any atom is -0.378 e. The fourth-order valence-electron chi connectivity index (χ4n) is 4.20. The summed E-state index contributed by atoms with van der Waals surface area (Å²) in [6.45, 7) is 6.52. The third kappa shape index (κ3) is 4.80. The fourth-order valence-corrected chi connectivity index (χ4v) is 5.02. The Balaban J connectivity index is 1.41. The summed E-state index contributed by atoms with van der Waals surface area (Å²) < 4.78 is 32.6. The Kier molecular flexibility index (Phi) is 6.29. The van der Waals surface area contributed by atoms with Crippen molar-refractivity contribution in [3.8, 4) is 11.3 Å². The number of sulfonamides is 1. The highest BCUT2D eigenvalue weighted by Crippen LogP contribution is 2.27. The molecule has 2 aliphatic heterocycles. The standard InChI is InChI=1S/C20H28N10O3S/c1-34(31,32)30-6-3-27(4-7-30)2-5-29-14-24-17-16(15-12-22-19(21)23-13-15)25-20(26-18(17)29)28-8-10-33-11-9-28/h12-14H,2-11H2,1H3,(H2,21,22,23). The largest absolute Gasteiger partial charge is 0.378 e. The number of nitrogen functional groups attached to an aromatic ring is 1. The van der Waals surface area contributed by atoms with Crippen LogP contribution in [0.15, 0.2) is 18.7 Å². The van der Waals surface area contributed by atoms with Gasteiger partial charge in [-0.05, 0) is 0 Å². The molecule has 0 spiro atoms. The zero-order valence-electron chi connectivity index (χ0n) is 19.0. The first-order chi connectivity index (χ1) is 16.4. The second kappa shape index (κ2) is 9.37. The average molecular weight is 489 g/mol. The molecule has 14 heteroatoms. The second-order valence-electron chi connectivity index (χ2n) is 8.42. The predicted octanol–water partition coefficient (Wildman–Crippen LogP) is -0.721. The van der Waals surface area contributed by atoms with Gasteiger partial charge in [0, 0.05) is 70.3 Å². The van der Waals surface area contributed by atoms with E-state index in [9.17, 15) is 8.42 Å². The van der Waals surface area contributed by atoms with E-state index in [1.54, 1.807) is 18.7 Å². The monoisotopic (exact) mass is 488 g/mol. The number of nitrogens with two attached hydrogens (primary N) is 1. The van der Waals surface area contributed by atoms with E-state index in [1.165, 1.54) is 10.6 Å². The van der Waals surface area contributed by atoms with Crippen molar-refractivity contribution in [2.45, 2.75) is 6.54 Å². The number of fused-ring (bicyclic) bond motifs is 1. The molecule has 2 saturated heterocycles. The van der Waals surface area contributed by atoms with Gasteiger partial charge >= 0.3 is 0 Å². The van der Waals surface area contributed by atoms with Gasteiger partial charge in [0.1, 0.15) is 11.2 Å². The number of imidazole rings is 1. The maximum atomic E-state index is 11.8. The predicted molar refractivity (Wildman–Crippen MR) is 127 cm³/mol. The van der Waals surface area contributed by atoms with Crippen LogP contribution in [0.1, 0.15) is 0 Å². The molecular formula is C20H28N10O3S. The van der Waals surface area contributed by atoms with E-state index in [0.29, 0.717) is 76.2 Å². The molecule has 0 bridgehead atoms. The molecule has 0 aliphatic carbocycles. The number of ether oxygens (including phenoxy) is 1. The van der Waals surface area contributed by atoms with Gasteiger partial charge in [-0.3, -0.25) is 4.90 Å². The lowest BCUT2D eigenvalue weighted by molar-refractivity contribution is 0.122. The maximum Gasteiger partial charge on any atom is 0.228 e. The third-order valence-corrected chi connectivity index (χ3v) is 7.45. The summed E-state index contributed by atoms with van der Waals surface area (Å²) in [5.74, 6) is 0.815. The van der Waals surface area contributed by atoms with Crippen LogP contribution in [0.25, 0.3) is 22.4 Å². The minimum absolute atomic E-state index is 0.198. The Labute approximate surface area is 197 Å². The van der Waals surface area contributed by atoms with Gasteiger partial charge in [-0.2, -0.15) is 9.29 Å². The summed E-state index contributed by atoms with van der Waals surface area (Å²) in [4.78, 5) is 26.9. The van der Waals surface area contributed by atoms with E-state index >= 15 is 0 Å². The van der Waals surface area contributed by atoms with E-state index < -0.39 is 10.0 Å². The molecule has 0 aromatic carbocycles. The van der Waals surface area contributed by atoms with Crippen LogP contribution in [0.3, 0.4) is 0 Å². The number of morpholine rings is 1. The molecule has 0 atom stereocenters. The van der Waals surface area contributed by atoms with Gasteiger partial charge < -0.3 is 19.9 Å². The fraction of sp³-hybridized carbons (Fsp3) is 0.550. The molecule has 5 rings (SSSR count). The van der Waals surface area contributed by atoms with Crippen LogP contribution in [0.4, 0.5) is 11.9 Å². The molecule has 0 radical (unpaired) electrons. The zero-order valence-corrected chi connectivity index (χ0v) is 19.9. The number of rotatable bonds is 6. The summed E-state index contributed by atoms with van der Waals surface area (Å²) in [5, 5.41) is 0. The van der Waals surface area contributed by atoms with Crippen molar-refractivity contribution >= 4 is 33.1 Å². The van der Waals surface area contributed by atoms with Crippen molar-refractivity contribution in [3.63, 3.8) is 0 Å². The van der Waals surface area contributed by atoms with Gasteiger partial charge in [-0.25, -0.2) is 28.4 Å². The molecule has 5 heterocycles. The maximum absolute atomic E-state index is 11.8. The number of anilines is 2. The number of hydrogen-bond acceptors (Lipinski definition) is 11. The van der Waals surface area contributed by atoms with Gasteiger partial charge in [-0.15, -0.1) is 0 Å². The summed E-state index contributed by atoms with van der Waals surface area (Å²) >= 11 is 0. The summed E-state index contributed by atoms with van der Waals surface area (Å²) in [7, 11) is -3.14. The van der Waals surface area contributed by atoms with Gasteiger partial charge in [-0.1, -0.05) is 0 Å². The molecule has 0 saturated carbocycles. The quantitative estimate of drug-likeness (QED) is 0.468. The lowest BCUT2D eigenvalue weighted by Crippen LogP contribution is -2.48. The zero-order chi connectivity index (χ0) is 23.7. The minimum atomic E-state index is -3.14. The van der Waals surface area contributed by atoms with E-state index in [-0.39, 0.29) is 5.95 Å². The topological polar surface area (TPSA) is 148 Å². The first-order valence-electron chi connectivity index (χ1n) is 11.2. The molecule has 182 valence electrons. The highest BCUT2D eigenvalue weighted by Gasteiger charge is 2.24. The van der Waals surface area contributed by atoms with Crippen LogP contribution < -0.4 is 10.6 Å². The molecular weight excluding hydrogens is 460 g/mol. The summed E-state index contributed by atoms with van der Waals surface area (Å²) in [6, 6.07) is 0. The van der Waals surface area contributed by atoms with Crippen LogP contribution in [0, 0.1) is 0 Å². The van der Waals surface area contributed by atoms with Crippen molar-refractivity contribution in [3.05, 3.63) is 18.7 Å². The first-order valence-corrected chi connectivity index (χ1v) is 13.0. The molecule has 2 N–H and O–H groups in total. The highest BCUT2D eigenvalue weighted by atomic mass is 32.2. The molecule has 3 aromatic rings. The summed E-state index contributed by atoms with van der Waals surface area (Å²) in [5.41, 5.74) is 8.46. The molecule has 0 amide bonds. The Bertz CT molecular complexity index is 1250. The smallest absolute Gasteiger partial charge is 0.228 e. The van der Waals surface area contributed by atoms with Crippen molar-refractivity contribution in [1.29, 1.82) is 0 Å². The first kappa shape index (κ1) is 22.8. The second-order valence-corrected chi connectivity index (χ2v) is 10.4. The SMILES string of the molecule is CS(=O)(=O)N1CCN(CCn2cnc3c(-c4cnc(N)nc4)nc(N4CCOCC4)nc32)CC1. The van der Waals surface area contributed by atoms with Gasteiger partial charge in [0.2, 0.25) is 21.9 Å². The lowest BCUT2D eigenvalue weighted by Gasteiger charge is -2.33. The number of aromatic nitrogens is 6. The van der Waals surface area contributed by atoms with Crippen molar-refractivity contribution in [2.75, 3.05) is 75.9 Å². The van der Waals surface area contributed by atoms with Gasteiger partial charge in [0.25, 0.3) is 0 Å². The molecule has 13 nitrogen and oxygen atoms in total. The Morgan fingerprint density at radius 2 is 1.68 bits per heavy atom. The van der Waals surface area contributed by atoms with Crippen LogP contribution >= 0.6 is 0 Å². The normalized spacial score (nSPS) is 18.6. The number of nitrogens with zero attached hydrogens (tertiary/aromatic N) is 9. The van der Waals surface area contributed by atoms with Crippen LogP contribution in [-0.4, -0.2) is 112 Å². The highest BCUT2D eigenvalue weighted by molar-refractivity contribution is 7.88. The van der Waals surface area contributed by atoms with E-state index in [2.05, 4.69) is 24.8 Å². The molecule has 2 fully saturated rings. The van der Waals surface area contributed by atoms with Gasteiger partial charge in [0.15, 0.2) is 5.65 Å². The third-order valence-electron chi connectivity index (χ3n) is 6.15. The Morgan fingerprint density at radius 1 is 0.971 bits per heavy atom. The summed E-state index contributed by atoms with van der Waals surface area (Å²) in [6.07, 6.45) is 6.33. The van der Waals surface area contributed by atoms with E-state index in [0.717, 1.165) is 17.8 Å². The molecule has 3 aromatic heterocycles. The Morgan fingerprint density at radius 3 is 2.35 bits per heavy atom. The van der Waals surface area contributed by atoms with Crippen LogP contribution in [0.2, 0.25) is 0 Å². The Hall–Kier alpha value is -2.94. The van der Waals surface area contributed by atoms with Gasteiger partial charge in [0.05, 0.1) is 25.8 Å². The van der Waals surface area contributed by atoms with E-state index in [1.807, 2.05) is 4.57 Å². The van der Waals surface area contributed by atoms with Crippen LogP contribution in [-0.2, 0) is 21.3 Å². The van der Waals surface area contributed by atoms with Crippen molar-refractivity contribution in [2.24, 2.45) is 0 Å². The number of piperazine rings is 1. The molecule has 0 unspecified atom stereocenters. The van der Waals surface area contributed by atoms with Crippen molar-refractivity contribution < 1.29 is 13.2 Å². The number of hydrogen-bond donors (Lipinski definition) is 1.